The third-order valence-electron chi connectivity index (χ3n) is 4.66. The maximum absolute atomic E-state index is 12.9. The molecule has 0 spiro atoms. The Kier molecular flexibility index (Phi) is 7.09. The Balaban J connectivity index is 1.70. The van der Waals surface area contributed by atoms with E-state index in [1.165, 1.54) is 0 Å². The van der Waals surface area contributed by atoms with Gasteiger partial charge < -0.3 is 15.8 Å². The van der Waals surface area contributed by atoms with Crippen LogP contribution in [-0.2, 0) is 11.2 Å². The quantitative estimate of drug-likeness (QED) is 0.425. The summed E-state index contributed by atoms with van der Waals surface area (Å²) in [5.74, 6) is -0.655. The first kappa shape index (κ1) is 21.4. The lowest BCUT2D eigenvalue weighted by Gasteiger charge is -2.13. The number of benzene rings is 3. The first-order valence-corrected chi connectivity index (χ1v) is 10.1. The molecule has 0 aliphatic heterocycles. The van der Waals surface area contributed by atoms with Gasteiger partial charge in [-0.05, 0) is 48.2 Å². The molecule has 3 aromatic rings. The van der Waals surface area contributed by atoms with Gasteiger partial charge in [-0.15, -0.1) is 0 Å². The Morgan fingerprint density at radius 3 is 2.50 bits per heavy atom. The van der Waals surface area contributed by atoms with Gasteiger partial charge in [0.15, 0.2) is 0 Å². The van der Waals surface area contributed by atoms with Crippen LogP contribution in [0.25, 0.3) is 11.1 Å². The molecule has 0 unspecified atom stereocenters. The van der Waals surface area contributed by atoms with E-state index in [4.69, 9.17) is 22.1 Å². The van der Waals surface area contributed by atoms with E-state index in [-0.39, 0.29) is 5.91 Å². The summed E-state index contributed by atoms with van der Waals surface area (Å²) in [5, 5.41) is 3.31. The molecule has 1 amide bonds. The molecule has 0 saturated carbocycles. The molecule has 0 atom stereocenters. The average Bonchev–Trinajstić information content (AvgIpc) is 2.75. The lowest BCUT2D eigenvalue weighted by atomic mass is 9.99. The Hall–Kier alpha value is -3.31. The van der Waals surface area contributed by atoms with E-state index in [1.807, 2.05) is 42.5 Å². The van der Waals surface area contributed by atoms with Crippen LogP contribution in [0.15, 0.2) is 66.7 Å². The van der Waals surface area contributed by atoms with Gasteiger partial charge >= 0.3 is 5.97 Å². The lowest BCUT2D eigenvalue weighted by Crippen LogP contribution is -2.26. The van der Waals surface area contributed by atoms with E-state index in [0.717, 1.165) is 16.7 Å². The smallest absolute Gasteiger partial charge is 0.338 e. The number of hydrogen-bond donors (Lipinski definition) is 2. The Morgan fingerprint density at radius 2 is 1.80 bits per heavy atom. The van der Waals surface area contributed by atoms with Gasteiger partial charge in [-0.1, -0.05) is 60.1 Å². The minimum Gasteiger partial charge on any atom is -0.462 e. The van der Waals surface area contributed by atoms with Crippen LogP contribution in [0.1, 0.15) is 33.2 Å². The number of nitrogens with two attached hydrogens (primary N) is 1. The molecular formula is C24H23ClN2O3. The average molecular weight is 423 g/mol. The van der Waals surface area contributed by atoms with Crippen molar-refractivity contribution in [2.24, 2.45) is 0 Å². The molecule has 6 heteroatoms. The molecule has 0 bridgehead atoms. The number of nitrogen functional groups attached to an aromatic ring is 1. The Morgan fingerprint density at radius 1 is 1.03 bits per heavy atom. The first-order chi connectivity index (χ1) is 14.5. The highest BCUT2D eigenvalue weighted by Crippen LogP contribution is 2.29. The molecule has 0 heterocycles. The molecule has 0 saturated heterocycles. The van der Waals surface area contributed by atoms with Crippen LogP contribution in [0.5, 0.6) is 0 Å². The fourth-order valence-electron chi connectivity index (χ4n) is 3.18. The fraction of sp³-hybridized carbons (Fsp3) is 0.167. The van der Waals surface area contributed by atoms with Crippen molar-refractivity contribution in [2.75, 3.05) is 18.9 Å². The minimum absolute atomic E-state index is 0.249. The zero-order chi connectivity index (χ0) is 21.5. The van der Waals surface area contributed by atoms with Crippen LogP contribution < -0.4 is 11.1 Å². The number of rotatable bonds is 7. The highest BCUT2D eigenvalue weighted by molar-refractivity contribution is 6.34. The highest BCUT2D eigenvalue weighted by atomic mass is 35.5. The third kappa shape index (κ3) is 4.99. The molecule has 0 aromatic heterocycles. The molecule has 3 aromatic carbocycles. The van der Waals surface area contributed by atoms with E-state index in [0.29, 0.717) is 41.4 Å². The van der Waals surface area contributed by atoms with Gasteiger partial charge in [-0.2, -0.15) is 0 Å². The number of nitrogens with one attached hydrogen (secondary N) is 1. The molecule has 5 nitrogen and oxygen atoms in total. The van der Waals surface area contributed by atoms with Gasteiger partial charge in [0.1, 0.15) is 0 Å². The van der Waals surface area contributed by atoms with Crippen LogP contribution in [0.3, 0.4) is 0 Å². The summed E-state index contributed by atoms with van der Waals surface area (Å²) >= 11 is 6.34. The maximum atomic E-state index is 12.9. The minimum atomic E-state index is -0.406. The Labute approximate surface area is 180 Å². The standard InChI is InChI=1S/C24H23ClN2O3/c1-2-30-24(29)18-12-11-17(21(26)15-18)13-14-27-23(28)22-19(9-6-10-20(22)25)16-7-4-3-5-8-16/h3-12,15H,2,13-14,26H2,1H3,(H,27,28). The second-order valence-corrected chi connectivity index (χ2v) is 7.08. The van der Waals surface area contributed by atoms with Crippen molar-refractivity contribution in [3.63, 3.8) is 0 Å². The van der Waals surface area contributed by atoms with Gasteiger partial charge in [0.05, 0.1) is 22.8 Å². The van der Waals surface area contributed by atoms with E-state index in [1.54, 1.807) is 31.2 Å². The van der Waals surface area contributed by atoms with Gasteiger partial charge in [-0.25, -0.2) is 4.79 Å². The van der Waals surface area contributed by atoms with Gasteiger partial charge in [0, 0.05) is 12.2 Å². The van der Waals surface area contributed by atoms with Crippen molar-refractivity contribution in [2.45, 2.75) is 13.3 Å². The third-order valence-corrected chi connectivity index (χ3v) is 4.98. The van der Waals surface area contributed by atoms with E-state index in [9.17, 15) is 9.59 Å². The number of carbonyl (C=O) groups excluding carboxylic acids is 2. The molecule has 30 heavy (non-hydrogen) atoms. The summed E-state index contributed by atoms with van der Waals surface area (Å²) in [7, 11) is 0. The lowest BCUT2D eigenvalue weighted by molar-refractivity contribution is 0.0526. The van der Waals surface area contributed by atoms with Gasteiger partial charge in [0.2, 0.25) is 0 Å². The summed E-state index contributed by atoms with van der Waals surface area (Å²) in [6, 6.07) is 20.1. The second-order valence-electron chi connectivity index (χ2n) is 6.67. The zero-order valence-electron chi connectivity index (χ0n) is 16.7. The summed E-state index contributed by atoms with van der Waals surface area (Å²) in [6.45, 7) is 2.43. The van der Waals surface area contributed by atoms with Crippen molar-refractivity contribution >= 4 is 29.2 Å². The van der Waals surface area contributed by atoms with Crippen molar-refractivity contribution < 1.29 is 14.3 Å². The van der Waals surface area contributed by atoms with Gasteiger partial charge in [-0.3, -0.25) is 4.79 Å². The topological polar surface area (TPSA) is 81.4 Å². The van der Waals surface area contributed by atoms with Crippen LogP contribution in [0, 0.1) is 0 Å². The number of carbonyl (C=O) groups is 2. The summed E-state index contributed by atoms with van der Waals surface area (Å²) in [5.41, 5.74) is 9.93. The van der Waals surface area contributed by atoms with Crippen molar-refractivity contribution in [3.8, 4) is 11.1 Å². The normalized spacial score (nSPS) is 10.5. The van der Waals surface area contributed by atoms with Crippen molar-refractivity contribution in [1.82, 2.24) is 5.32 Å². The summed E-state index contributed by atoms with van der Waals surface area (Å²) in [4.78, 5) is 24.7. The number of anilines is 1. The van der Waals surface area contributed by atoms with Crippen LogP contribution in [-0.4, -0.2) is 25.0 Å². The molecule has 0 fully saturated rings. The molecular weight excluding hydrogens is 400 g/mol. The number of hydrogen-bond acceptors (Lipinski definition) is 4. The van der Waals surface area contributed by atoms with Gasteiger partial charge in [0.25, 0.3) is 5.91 Å². The number of amides is 1. The van der Waals surface area contributed by atoms with E-state index in [2.05, 4.69) is 5.32 Å². The van der Waals surface area contributed by atoms with Crippen molar-refractivity contribution in [3.05, 3.63) is 88.4 Å². The van der Waals surface area contributed by atoms with E-state index >= 15 is 0 Å². The summed E-state index contributed by atoms with van der Waals surface area (Å²) < 4.78 is 4.98. The molecule has 0 radical (unpaired) electrons. The fourth-order valence-corrected chi connectivity index (χ4v) is 3.44. The van der Waals surface area contributed by atoms with Crippen molar-refractivity contribution in [1.29, 1.82) is 0 Å². The first-order valence-electron chi connectivity index (χ1n) is 9.69. The number of esters is 1. The molecule has 0 aliphatic carbocycles. The molecule has 3 rings (SSSR count). The number of ether oxygens (including phenoxy) is 1. The predicted octanol–water partition coefficient (Wildman–Crippen LogP) is 4.74. The molecule has 3 N–H and O–H groups in total. The SMILES string of the molecule is CCOC(=O)c1ccc(CCNC(=O)c2c(Cl)cccc2-c2ccccc2)c(N)c1. The number of halogens is 1. The molecule has 154 valence electrons. The predicted molar refractivity (Wildman–Crippen MR) is 120 cm³/mol. The molecule has 0 aliphatic rings. The highest BCUT2D eigenvalue weighted by Gasteiger charge is 2.16. The Bertz CT molecular complexity index is 1050. The van der Waals surface area contributed by atoms with Crippen LogP contribution in [0.4, 0.5) is 5.69 Å². The monoisotopic (exact) mass is 422 g/mol. The zero-order valence-corrected chi connectivity index (χ0v) is 17.4. The summed E-state index contributed by atoms with van der Waals surface area (Å²) in [6.07, 6.45) is 0.520. The largest absolute Gasteiger partial charge is 0.462 e. The van der Waals surface area contributed by atoms with E-state index < -0.39 is 5.97 Å². The van der Waals surface area contributed by atoms with Crippen LogP contribution in [0.2, 0.25) is 5.02 Å². The van der Waals surface area contributed by atoms with Crippen LogP contribution >= 0.6 is 11.6 Å². The maximum Gasteiger partial charge on any atom is 0.338 e. The second kappa shape index (κ2) is 9.94.